The van der Waals surface area contributed by atoms with Crippen molar-refractivity contribution in [2.75, 3.05) is 0 Å². The van der Waals surface area contributed by atoms with Crippen LogP contribution < -0.4 is 0 Å². The molecule has 0 fully saturated rings. The third kappa shape index (κ3) is 2.36. The second-order valence-electron chi connectivity index (χ2n) is 1.93. The number of benzene rings is 1. The quantitative estimate of drug-likeness (QED) is 0.513. The predicted octanol–water partition coefficient (Wildman–Crippen LogP) is 3.28. The van der Waals surface area contributed by atoms with Gasteiger partial charge in [-0.15, -0.1) is 51.3 Å². The van der Waals surface area contributed by atoms with Gasteiger partial charge in [0.05, 0.1) is 0 Å². The van der Waals surface area contributed by atoms with Crippen LogP contribution in [0.4, 0.5) is 0 Å². The van der Waals surface area contributed by atoms with Gasteiger partial charge in [0.25, 0.3) is 0 Å². The zero-order chi connectivity index (χ0) is 6.10. The van der Waals surface area contributed by atoms with Crippen molar-refractivity contribution in [1.82, 2.24) is 0 Å². The summed E-state index contributed by atoms with van der Waals surface area (Å²) in [6.07, 6.45) is 0. The van der Waals surface area contributed by atoms with Crippen LogP contribution in [0.2, 0.25) is 0 Å². The second kappa shape index (κ2) is 5.02. The molecule has 0 nitrogen and oxygen atoms in total. The van der Waals surface area contributed by atoms with Gasteiger partial charge in [0.1, 0.15) is 0 Å². The van der Waals surface area contributed by atoms with Gasteiger partial charge in [-0.3, -0.25) is 11.3 Å². The Hall–Kier alpha value is 0.283. The minimum atomic E-state index is 0. The molecule has 0 unspecified atom stereocenters. The average molecular weight is 279 g/mol. The van der Waals surface area contributed by atoms with Crippen LogP contribution in [0.25, 0.3) is 10.8 Å². The molecular formula is C8H6BrSZn-. The molecule has 54 valence electrons. The Bertz CT molecular complexity index is 288. The molecule has 0 saturated heterocycles. The Morgan fingerprint density at radius 3 is 2.64 bits per heavy atom. The molecule has 3 heteroatoms. The first kappa shape index (κ1) is 11.3. The van der Waals surface area contributed by atoms with Gasteiger partial charge in [0.15, 0.2) is 0 Å². The first-order valence-electron chi connectivity index (χ1n) is 2.81. The fraction of sp³-hybridized carbons (Fsp3) is 0. The number of fused-ring (bicyclic) bond motifs is 1. The van der Waals surface area contributed by atoms with Crippen LogP contribution in [0.3, 0.4) is 0 Å². The van der Waals surface area contributed by atoms with Gasteiger partial charge in [-0.1, -0.05) is 11.4 Å². The molecule has 0 amide bonds. The third-order valence-corrected chi connectivity index (χ3v) is 2.03. The molecular weight excluding hydrogens is 273 g/mol. The fourth-order valence-corrected chi connectivity index (χ4v) is 1.55. The maximum atomic E-state index is 3.16. The van der Waals surface area contributed by atoms with Gasteiger partial charge in [-0.2, -0.15) is 0 Å². The van der Waals surface area contributed by atoms with Crippen LogP contribution >= 0.6 is 28.3 Å². The summed E-state index contributed by atoms with van der Waals surface area (Å²) in [5.74, 6) is 0. The Morgan fingerprint density at radius 1 is 1.18 bits per heavy atom. The molecule has 2 rings (SSSR count). The van der Waals surface area contributed by atoms with Crippen LogP contribution in [-0.4, -0.2) is 0 Å². The van der Waals surface area contributed by atoms with E-state index in [9.17, 15) is 0 Å². The second-order valence-corrected chi connectivity index (χ2v) is 2.60. The van der Waals surface area contributed by atoms with E-state index in [0.29, 0.717) is 0 Å². The van der Waals surface area contributed by atoms with Crippen molar-refractivity contribution in [3.05, 3.63) is 35.0 Å². The predicted molar refractivity (Wildman–Crippen MR) is 51.0 cm³/mol. The van der Waals surface area contributed by atoms with Crippen LogP contribution in [0.5, 0.6) is 0 Å². The molecule has 0 aliphatic carbocycles. The van der Waals surface area contributed by atoms with Crippen molar-refractivity contribution in [3.8, 4) is 0 Å². The van der Waals surface area contributed by atoms with Crippen molar-refractivity contribution in [3.63, 3.8) is 0 Å². The average Bonchev–Trinajstić information content (AvgIpc) is 2.33. The summed E-state index contributed by atoms with van der Waals surface area (Å²) in [7, 11) is 0. The smallest absolute Gasteiger partial charge is 0 e. The molecule has 1 heterocycles. The van der Waals surface area contributed by atoms with E-state index in [0.717, 1.165) is 0 Å². The summed E-state index contributed by atoms with van der Waals surface area (Å²) < 4.78 is 0. The van der Waals surface area contributed by atoms with Crippen molar-refractivity contribution in [1.29, 1.82) is 0 Å². The van der Waals surface area contributed by atoms with E-state index in [-0.39, 0.29) is 36.5 Å². The molecule has 2 aromatic rings. The van der Waals surface area contributed by atoms with E-state index in [1.807, 2.05) is 12.1 Å². The monoisotopic (exact) mass is 277 g/mol. The Labute approximate surface area is 93.1 Å². The van der Waals surface area contributed by atoms with Crippen LogP contribution in [-0.2, 0) is 19.5 Å². The molecule has 0 atom stereocenters. The van der Waals surface area contributed by atoms with E-state index in [1.165, 1.54) is 10.8 Å². The molecule has 11 heavy (non-hydrogen) atoms. The van der Waals surface area contributed by atoms with Gasteiger partial charge in [0, 0.05) is 19.5 Å². The molecule has 0 aliphatic heterocycles. The summed E-state index contributed by atoms with van der Waals surface area (Å²) in [4.78, 5) is 0. The maximum Gasteiger partial charge on any atom is 0 e. The van der Waals surface area contributed by atoms with Crippen LogP contribution in [0, 0.1) is 5.38 Å². The Kier molecular flexibility index (Phi) is 5.15. The van der Waals surface area contributed by atoms with E-state index in [1.54, 1.807) is 11.3 Å². The molecule has 1 aromatic carbocycles. The van der Waals surface area contributed by atoms with Crippen molar-refractivity contribution in [2.45, 2.75) is 0 Å². The minimum Gasteiger partial charge on any atom is -0.264 e. The molecule has 0 saturated carbocycles. The summed E-state index contributed by atoms with van der Waals surface area (Å²) in [5.41, 5.74) is 0. The molecule has 0 aliphatic rings. The first-order chi connectivity index (χ1) is 4.47. The van der Waals surface area contributed by atoms with E-state index in [2.05, 4.69) is 22.9 Å². The van der Waals surface area contributed by atoms with Crippen molar-refractivity contribution >= 4 is 39.1 Å². The topological polar surface area (TPSA) is 0 Å². The largest absolute Gasteiger partial charge is 0.264 e. The minimum absolute atomic E-state index is 0. The molecule has 0 radical (unpaired) electrons. The number of hydrogen-bond acceptors (Lipinski definition) is 1. The van der Waals surface area contributed by atoms with Gasteiger partial charge < -0.3 is 0 Å². The summed E-state index contributed by atoms with van der Waals surface area (Å²) >= 11 is 1.63. The summed E-state index contributed by atoms with van der Waals surface area (Å²) in [5, 5.41) is 7.79. The summed E-state index contributed by atoms with van der Waals surface area (Å²) in [6.45, 7) is 0. The van der Waals surface area contributed by atoms with E-state index in [4.69, 9.17) is 0 Å². The van der Waals surface area contributed by atoms with Crippen LogP contribution in [0.1, 0.15) is 0 Å². The fourth-order valence-electron chi connectivity index (χ4n) is 0.849. The van der Waals surface area contributed by atoms with Gasteiger partial charge in [-0.05, 0) is 0 Å². The van der Waals surface area contributed by atoms with Gasteiger partial charge in [-0.25, -0.2) is 0 Å². The zero-order valence-electron chi connectivity index (χ0n) is 5.91. The third-order valence-electron chi connectivity index (χ3n) is 1.32. The normalized spacial score (nSPS) is 8.36. The van der Waals surface area contributed by atoms with E-state index < -0.39 is 0 Å². The van der Waals surface area contributed by atoms with E-state index >= 15 is 0 Å². The number of halogens is 1. The number of rotatable bonds is 0. The van der Waals surface area contributed by atoms with Gasteiger partial charge >= 0.3 is 0 Å². The van der Waals surface area contributed by atoms with Gasteiger partial charge in [0.2, 0.25) is 0 Å². The number of hydrogen-bond donors (Lipinski definition) is 0. The maximum absolute atomic E-state index is 3.16. The molecule has 0 bridgehead atoms. The molecule has 0 N–H and O–H groups in total. The first-order valence-corrected chi connectivity index (χ1v) is 3.69. The Morgan fingerprint density at radius 2 is 1.91 bits per heavy atom. The standard InChI is InChI=1S/C8H5S.BrH.Zn/c1-2-4-8-6-9-5-7(8)3-1;;/h1-5H;1H;/q-1;;. The van der Waals surface area contributed by atoms with Crippen molar-refractivity contribution in [2.24, 2.45) is 0 Å². The molecule has 0 spiro atoms. The van der Waals surface area contributed by atoms with Crippen molar-refractivity contribution < 1.29 is 19.5 Å². The zero-order valence-corrected chi connectivity index (χ0v) is 11.4. The Balaban J connectivity index is 0.000000500. The number of thiophene rings is 1. The summed E-state index contributed by atoms with van der Waals surface area (Å²) in [6, 6.07) is 8.25. The SMILES string of the molecule is Br.[Zn].[c-]1scc2ccccc12. The van der Waals surface area contributed by atoms with Crippen LogP contribution in [0.15, 0.2) is 29.6 Å². The molecule has 1 aromatic heterocycles.